The van der Waals surface area contributed by atoms with Crippen LogP contribution in [0.25, 0.3) is 0 Å². The van der Waals surface area contributed by atoms with E-state index >= 15 is 0 Å². The number of hydrogen-bond donors (Lipinski definition) is 1. The van der Waals surface area contributed by atoms with Crippen molar-refractivity contribution in [3.63, 3.8) is 0 Å². The molecule has 162 valence electrons. The van der Waals surface area contributed by atoms with E-state index in [0.29, 0.717) is 0 Å². The summed E-state index contributed by atoms with van der Waals surface area (Å²) < 4.78 is 68.4. The molecule has 7 nitrogen and oxygen atoms in total. The monoisotopic (exact) mass is 428 g/mol. The molecule has 0 bridgehead atoms. The number of methoxy groups -OCH3 is 1. The van der Waals surface area contributed by atoms with Crippen molar-refractivity contribution in [1.82, 2.24) is 9.62 Å². The van der Waals surface area contributed by atoms with Gasteiger partial charge in [0.1, 0.15) is 12.1 Å². The van der Waals surface area contributed by atoms with Crippen LogP contribution in [-0.2, 0) is 24.3 Å². The number of piperidine rings is 1. The Labute approximate surface area is 163 Å². The Balaban J connectivity index is 2.30. The average molecular weight is 428 g/mol. The Morgan fingerprint density at radius 2 is 1.79 bits per heavy atom. The van der Waals surface area contributed by atoms with E-state index in [4.69, 9.17) is 4.74 Å². The molecule has 1 heterocycles. The van der Waals surface area contributed by atoms with E-state index in [1.165, 1.54) is 12.0 Å². The third kappa shape index (κ3) is 4.45. The number of nitrogens with zero attached hydrogens (tertiary/aromatic N) is 1. The van der Waals surface area contributed by atoms with E-state index < -0.39 is 51.3 Å². The summed E-state index contributed by atoms with van der Waals surface area (Å²) >= 11 is 0. The van der Waals surface area contributed by atoms with Crippen molar-refractivity contribution < 1.29 is 35.9 Å². The lowest BCUT2D eigenvalue weighted by Gasteiger charge is -2.37. The Bertz CT molecular complexity index is 758. The summed E-state index contributed by atoms with van der Waals surface area (Å²) in [5.74, 6) is -3.50. The number of amides is 1. The molecular weight excluding hydrogens is 401 g/mol. The van der Waals surface area contributed by atoms with Crippen LogP contribution in [0.4, 0.5) is 13.2 Å². The molecule has 1 amide bonds. The Morgan fingerprint density at radius 1 is 1.25 bits per heavy atom. The standard InChI is InChI=1S/C17H27F3N2O5S/c1-15(2,3)12(21-28(25,26)8-17(18,19)20)13(23)22-7-9-10(16(9,4)5)11(22)14(24)27-6/h9-12,21H,7-8H2,1-6H3/t9-,10-,11-,12+/m0/s1. The molecule has 0 spiro atoms. The van der Waals surface area contributed by atoms with Gasteiger partial charge in [-0.25, -0.2) is 17.9 Å². The summed E-state index contributed by atoms with van der Waals surface area (Å²) in [6.45, 7) is 8.78. The molecule has 0 unspecified atom stereocenters. The summed E-state index contributed by atoms with van der Waals surface area (Å²) in [6, 6.07) is -2.33. The number of sulfonamides is 1. The van der Waals surface area contributed by atoms with Crippen LogP contribution in [0, 0.1) is 22.7 Å². The van der Waals surface area contributed by atoms with Crippen molar-refractivity contribution in [3.8, 4) is 0 Å². The zero-order chi connectivity index (χ0) is 21.9. The highest BCUT2D eigenvalue weighted by Gasteiger charge is 2.70. The third-order valence-electron chi connectivity index (χ3n) is 5.70. The highest BCUT2D eigenvalue weighted by atomic mass is 32.2. The first kappa shape index (κ1) is 22.9. The van der Waals surface area contributed by atoms with Crippen molar-refractivity contribution in [2.75, 3.05) is 19.4 Å². The van der Waals surface area contributed by atoms with Gasteiger partial charge in [0.25, 0.3) is 0 Å². The van der Waals surface area contributed by atoms with Gasteiger partial charge in [-0.05, 0) is 16.7 Å². The van der Waals surface area contributed by atoms with Crippen molar-refractivity contribution in [3.05, 3.63) is 0 Å². The predicted octanol–water partition coefficient (Wildman–Crippen LogP) is 1.54. The van der Waals surface area contributed by atoms with Crippen molar-refractivity contribution in [2.45, 2.75) is 52.9 Å². The molecule has 4 atom stereocenters. The van der Waals surface area contributed by atoms with Gasteiger partial charge in [0.15, 0.2) is 5.75 Å². The molecule has 0 aromatic heterocycles. The highest BCUT2D eigenvalue weighted by Crippen LogP contribution is 2.65. The number of ether oxygens (including phenoxy) is 1. The van der Waals surface area contributed by atoms with Crippen LogP contribution in [0.15, 0.2) is 0 Å². The number of rotatable bonds is 5. The number of likely N-dealkylation sites (tertiary alicyclic amines) is 1. The minimum atomic E-state index is -4.94. The summed E-state index contributed by atoms with van der Waals surface area (Å²) in [6.07, 6.45) is -4.94. The van der Waals surface area contributed by atoms with Crippen LogP contribution in [0.3, 0.4) is 0 Å². The van der Waals surface area contributed by atoms with Crippen LogP contribution < -0.4 is 4.72 Å². The molecular formula is C17H27F3N2O5S. The molecule has 1 aliphatic heterocycles. The maximum Gasteiger partial charge on any atom is 0.404 e. The Morgan fingerprint density at radius 3 is 2.21 bits per heavy atom. The molecule has 0 aromatic rings. The summed E-state index contributed by atoms with van der Waals surface area (Å²) in [7, 11) is -3.61. The molecule has 28 heavy (non-hydrogen) atoms. The van der Waals surface area contributed by atoms with Crippen LogP contribution in [0.1, 0.15) is 34.6 Å². The van der Waals surface area contributed by atoms with Gasteiger partial charge in [0.2, 0.25) is 15.9 Å². The summed E-state index contributed by atoms with van der Waals surface area (Å²) in [4.78, 5) is 26.7. The third-order valence-corrected chi connectivity index (χ3v) is 7.00. The first-order valence-electron chi connectivity index (χ1n) is 8.87. The fourth-order valence-electron chi connectivity index (χ4n) is 4.10. The fourth-order valence-corrected chi connectivity index (χ4v) is 5.43. The second kappa shape index (κ2) is 6.86. The highest BCUT2D eigenvalue weighted by molar-refractivity contribution is 7.89. The summed E-state index contributed by atoms with van der Waals surface area (Å²) in [5.41, 5.74) is -1.18. The number of halogens is 3. The lowest BCUT2D eigenvalue weighted by atomic mass is 9.86. The normalized spacial score (nSPS) is 27.9. The SMILES string of the molecule is COC(=O)[C@@H]1[C@@H]2[C@H](CN1C(=O)[C@@H](NS(=O)(=O)CC(F)(F)F)C(C)(C)C)C2(C)C. The van der Waals surface area contributed by atoms with Crippen molar-refractivity contribution in [1.29, 1.82) is 0 Å². The van der Waals surface area contributed by atoms with E-state index in [1.54, 1.807) is 20.8 Å². The van der Waals surface area contributed by atoms with Gasteiger partial charge < -0.3 is 9.64 Å². The smallest absolute Gasteiger partial charge is 0.404 e. The van der Waals surface area contributed by atoms with E-state index in [9.17, 15) is 31.2 Å². The summed E-state index contributed by atoms with van der Waals surface area (Å²) in [5, 5.41) is 0. The Kier molecular flexibility index (Phi) is 5.62. The number of fused-ring (bicyclic) bond motifs is 1. The molecule has 1 aliphatic carbocycles. The van der Waals surface area contributed by atoms with Crippen molar-refractivity contribution in [2.24, 2.45) is 22.7 Å². The maximum atomic E-state index is 13.2. The number of esters is 1. The van der Waals surface area contributed by atoms with E-state index in [1.807, 2.05) is 18.6 Å². The van der Waals surface area contributed by atoms with Gasteiger partial charge in [-0.1, -0.05) is 34.6 Å². The maximum absolute atomic E-state index is 13.2. The number of carbonyl (C=O) groups excluding carboxylic acids is 2. The zero-order valence-electron chi connectivity index (χ0n) is 16.8. The Hall–Kier alpha value is -1.36. The van der Waals surface area contributed by atoms with Gasteiger partial charge in [-0.15, -0.1) is 0 Å². The molecule has 2 rings (SSSR count). The van der Waals surface area contributed by atoms with Gasteiger partial charge in [-0.2, -0.15) is 13.2 Å². The zero-order valence-corrected chi connectivity index (χ0v) is 17.6. The number of nitrogens with one attached hydrogen (secondary N) is 1. The van der Waals surface area contributed by atoms with E-state index in [-0.39, 0.29) is 23.8 Å². The molecule has 1 saturated heterocycles. The van der Waals surface area contributed by atoms with Crippen LogP contribution in [0.5, 0.6) is 0 Å². The minimum Gasteiger partial charge on any atom is -0.467 e. The molecule has 1 saturated carbocycles. The second-order valence-electron chi connectivity index (χ2n) is 9.20. The first-order chi connectivity index (χ1) is 12.4. The van der Waals surface area contributed by atoms with Gasteiger partial charge in [0, 0.05) is 12.5 Å². The molecule has 2 aliphatic rings. The number of hydrogen-bond acceptors (Lipinski definition) is 5. The predicted molar refractivity (Wildman–Crippen MR) is 94.5 cm³/mol. The molecule has 0 radical (unpaired) electrons. The number of alkyl halides is 3. The lowest BCUT2D eigenvalue weighted by Crippen LogP contribution is -2.58. The number of carbonyl (C=O) groups is 2. The van der Waals surface area contributed by atoms with Crippen molar-refractivity contribution >= 4 is 21.9 Å². The fraction of sp³-hybridized carbons (Fsp3) is 0.882. The molecule has 0 aromatic carbocycles. The lowest BCUT2D eigenvalue weighted by molar-refractivity contribution is -0.154. The van der Waals surface area contributed by atoms with Gasteiger partial charge in [-0.3, -0.25) is 4.79 Å². The minimum absolute atomic E-state index is 0.0490. The topological polar surface area (TPSA) is 92.8 Å². The quantitative estimate of drug-likeness (QED) is 0.671. The molecule has 1 N–H and O–H groups in total. The first-order valence-corrected chi connectivity index (χ1v) is 10.5. The van der Waals surface area contributed by atoms with Crippen LogP contribution in [0.2, 0.25) is 0 Å². The van der Waals surface area contributed by atoms with Crippen LogP contribution in [-0.4, -0.2) is 62.9 Å². The van der Waals surface area contributed by atoms with Crippen LogP contribution >= 0.6 is 0 Å². The van der Waals surface area contributed by atoms with Gasteiger partial charge in [0.05, 0.1) is 7.11 Å². The molecule has 11 heteroatoms. The van der Waals surface area contributed by atoms with Gasteiger partial charge >= 0.3 is 12.1 Å². The largest absolute Gasteiger partial charge is 0.467 e. The van der Waals surface area contributed by atoms with E-state index in [0.717, 1.165) is 0 Å². The molecule has 2 fully saturated rings. The van der Waals surface area contributed by atoms with E-state index in [2.05, 4.69) is 0 Å². The average Bonchev–Trinajstić information content (AvgIpc) is 2.85. The second-order valence-corrected chi connectivity index (χ2v) is 11.0.